The van der Waals surface area contributed by atoms with Crippen LogP contribution >= 0.6 is 11.8 Å². The Bertz CT molecular complexity index is 402. The zero-order chi connectivity index (χ0) is 15.5. The van der Waals surface area contributed by atoms with Crippen LogP contribution in [0.25, 0.3) is 0 Å². The molecule has 2 amide bonds. The highest BCUT2D eigenvalue weighted by molar-refractivity contribution is 7.99. The molecule has 120 valence electrons. The second kappa shape index (κ2) is 6.90. The molecule has 1 aliphatic heterocycles. The van der Waals surface area contributed by atoms with Crippen LogP contribution in [0.15, 0.2) is 0 Å². The zero-order valence-electron chi connectivity index (χ0n) is 12.9. The van der Waals surface area contributed by atoms with Crippen LogP contribution in [0.3, 0.4) is 0 Å². The quantitative estimate of drug-likeness (QED) is 0.837. The third-order valence-corrected chi connectivity index (χ3v) is 5.87. The van der Waals surface area contributed by atoms with Crippen LogP contribution in [-0.2, 0) is 4.79 Å². The molecule has 6 heteroatoms. The van der Waals surface area contributed by atoms with Gasteiger partial charge in [-0.05, 0) is 38.4 Å². The van der Waals surface area contributed by atoms with E-state index in [9.17, 15) is 14.7 Å². The minimum absolute atomic E-state index is 0.0906. The number of carbonyl (C=O) groups excluding carboxylic acids is 1. The molecule has 1 aliphatic carbocycles. The van der Waals surface area contributed by atoms with E-state index in [0.29, 0.717) is 24.8 Å². The normalized spacial score (nSPS) is 33.0. The van der Waals surface area contributed by atoms with Gasteiger partial charge in [0.1, 0.15) is 0 Å². The molecule has 1 heterocycles. The van der Waals surface area contributed by atoms with Crippen LogP contribution in [-0.4, -0.2) is 52.1 Å². The van der Waals surface area contributed by atoms with Crippen molar-refractivity contribution in [2.45, 2.75) is 57.2 Å². The third kappa shape index (κ3) is 4.05. The summed E-state index contributed by atoms with van der Waals surface area (Å²) in [5, 5.41) is 13.0. The van der Waals surface area contributed by atoms with Gasteiger partial charge in [-0.1, -0.05) is 13.3 Å². The Morgan fingerprint density at radius 1 is 1.43 bits per heavy atom. The van der Waals surface area contributed by atoms with E-state index in [1.807, 2.05) is 11.8 Å². The van der Waals surface area contributed by atoms with Crippen molar-refractivity contribution in [3.05, 3.63) is 0 Å². The molecule has 0 bridgehead atoms. The molecule has 0 spiro atoms. The summed E-state index contributed by atoms with van der Waals surface area (Å²) in [7, 11) is 0. The van der Waals surface area contributed by atoms with Gasteiger partial charge in [-0.3, -0.25) is 4.79 Å². The first-order chi connectivity index (χ1) is 9.94. The van der Waals surface area contributed by atoms with Gasteiger partial charge in [0.15, 0.2) is 0 Å². The van der Waals surface area contributed by atoms with Gasteiger partial charge >= 0.3 is 12.0 Å². The van der Waals surface area contributed by atoms with Gasteiger partial charge < -0.3 is 15.3 Å². The highest BCUT2D eigenvalue weighted by Gasteiger charge is 2.42. The Balaban J connectivity index is 1.83. The molecule has 21 heavy (non-hydrogen) atoms. The molecule has 5 nitrogen and oxygen atoms in total. The second-order valence-corrected chi connectivity index (χ2v) is 8.01. The van der Waals surface area contributed by atoms with Gasteiger partial charge in [-0.25, -0.2) is 4.79 Å². The number of likely N-dealkylation sites (tertiary alicyclic amines) is 1. The maximum Gasteiger partial charge on any atom is 0.317 e. The fourth-order valence-electron chi connectivity index (χ4n) is 3.24. The molecule has 2 aliphatic rings. The first kappa shape index (κ1) is 16.5. The number of hydrogen-bond donors (Lipinski definition) is 2. The smallest absolute Gasteiger partial charge is 0.317 e. The molecule has 0 aromatic carbocycles. The molecular formula is C15H26N2O3S. The number of carboxylic acids is 1. The number of nitrogens with one attached hydrogen (secondary N) is 1. The van der Waals surface area contributed by atoms with E-state index in [-0.39, 0.29) is 12.1 Å². The van der Waals surface area contributed by atoms with Crippen LogP contribution in [0.4, 0.5) is 4.79 Å². The lowest BCUT2D eigenvalue weighted by molar-refractivity contribution is -0.146. The average Bonchev–Trinajstić information content (AvgIpc) is 2.84. The van der Waals surface area contributed by atoms with Crippen LogP contribution in [0.1, 0.15) is 46.0 Å². The standard InChI is InChI=1S/C15H26N2O3S/c1-3-21-12-6-4-5-11(9-12)16-14(20)17-8-7-15(2,10-17)13(18)19/h11-12H,3-10H2,1-2H3,(H,16,20)(H,18,19). The van der Waals surface area contributed by atoms with Gasteiger partial charge in [0.05, 0.1) is 5.41 Å². The predicted octanol–water partition coefficient (Wildman–Crippen LogP) is 2.56. The number of urea groups is 1. The Kier molecular flexibility index (Phi) is 5.41. The summed E-state index contributed by atoms with van der Waals surface area (Å²) in [4.78, 5) is 25.2. The summed E-state index contributed by atoms with van der Waals surface area (Å²) >= 11 is 1.98. The molecule has 0 aromatic rings. The van der Waals surface area contributed by atoms with Crippen molar-refractivity contribution in [2.24, 2.45) is 5.41 Å². The third-order valence-electron chi connectivity index (χ3n) is 4.63. The zero-order valence-corrected chi connectivity index (χ0v) is 13.7. The molecule has 3 atom stereocenters. The van der Waals surface area contributed by atoms with Crippen molar-refractivity contribution < 1.29 is 14.7 Å². The highest BCUT2D eigenvalue weighted by atomic mass is 32.2. The summed E-state index contributed by atoms with van der Waals surface area (Å²) in [5.74, 6) is 0.309. The molecule has 2 N–H and O–H groups in total. The van der Waals surface area contributed by atoms with Gasteiger partial charge in [0.2, 0.25) is 0 Å². The lowest BCUT2D eigenvalue weighted by atomic mass is 9.90. The van der Waals surface area contributed by atoms with Crippen LogP contribution < -0.4 is 5.32 Å². The SMILES string of the molecule is CCSC1CCCC(NC(=O)N2CCC(C)(C(=O)O)C2)C1. The van der Waals surface area contributed by atoms with Crippen molar-refractivity contribution in [2.75, 3.05) is 18.8 Å². The number of nitrogens with zero attached hydrogens (tertiary/aromatic N) is 1. The number of carbonyl (C=O) groups is 2. The van der Waals surface area contributed by atoms with Gasteiger partial charge in [-0.2, -0.15) is 11.8 Å². The molecular weight excluding hydrogens is 288 g/mol. The maximum atomic E-state index is 12.3. The summed E-state index contributed by atoms with van der Waals surface area (Å²) in [6.45, 7) is 4.74. The lowest BCUT2D eigenvalue weighted by Crippen LogP contribution is -2.46. The van der Waals surface area contributed by atoms with E-state index >= 15 is 0 Å². The van der Waals surface area contributed by atoms with Crippen LogP contribution in [0.2, 0.25) is 0 Å². The number of rotatable bonds is 4. The first-order valence-electron chi connectivity index (χ1n) is 7.85. The number of thioether (sulfide) groups is 1. The van der Waals surface area contributed by atoms with Gasteiger partial charge in [0, 0.05) is 24.4 Å². The molecule has 0 aromatic heterocycles. The number of hydrogen-bond acceptors (Lipinski definition) is 3. The van der Waals surface area contributed by atoms with Gasteiger partial charge in [0.25, 0.3) is 0 Å². The minimum atomic E-state index is -0.810. The fraction of sp³-hybridized carbons (Fsp3) is 0.867. The number of amides is 2. The monoisotopic (exact) mass is 314 g/mol. The Morgan fingerprint density at radius 2 is 2.19 bits per heavy atom. The topological polar surface area (TPSA) is 69.6 Å². The molecule has 2 fully saturated rings. The summed E-state index contributed by atoms with van der Waals surface area (Å²) < 4.78 is 0. The predicted molar refractivity (Wildman–Crippen MR) is 84.6 cm³/mol. The van der Waals surface area contributed by atoms with Crippen molar-refractivity contribution in [1.82, 2.24) is 10.2 Å². The average molecular weight is 314 g/mol. The first-order valence-corrected chi connectivity index (χ1v) is 8.90. The van der Waals surface area contributed by atoms with E-state index in [1.165, 1.54) is 6.42 Å². The second-order valence-electron chi connectivity index (χ2n) is 6.43. The molecule has 1 saturated carbocycles. The van der Waals surface area contributed by atoms with E-state index < -0.39 is 11.4 Å². The van der Waals surface area contributed by atoms with Crippen molar-refractivity contribution >= 4 is 23.8 Å². The van der Waals surface area contributed by atoms with E-state index in [4.69, 9.17) is 0 Å². The van der Waals surface area contributed by atoms with Crippen LogP contribution in [0, 0.1) is 5.41 Å². The number of aliphatic carboxylic acids is 1. The Morgan fingerprint density at radius 3 is 2.81 bits per heavy atom. The maximum absolute atomic E-state index is 12.3. The minimum Gasteiger partial charge on any atom is -0.481 e. The van der Waals surface area contributed by atoms with Crippen LogP contribution in [0.5, 0.6) is 0 Å². The summed E-state index contributed by atoms with van der Waals surface area (Å²) in [5.41, 5.74) is -0.787. The molecule has 2 rings (SSSR count). The molecule has 0 radical (unpaired) electrons. The Hall–Kier alpha value is -0.910. The van der Waals surface area contributed by atoms with E-state index in [0.717, 1.165) is 25.0 Å². The summed E-state index contributed by atoms with van der Waals surface area (Å²) in [6.07, 6.45) is 5.01. The summed E-state index contributed by atoms with van der Waals surface area (Å²) in [6, 6.07) is 0.152. The molecule has 3 unspecified atom stereocenters. The largest absolute Gasteiger partial charge is 0.481 e. The van der Waals surface area contributed by atoms with E-state index in [1.54, 1.807) is 11.8 Å². The van der Waals surface area contributed by atoms with Crippen molar-refractivity contribution in [3.63, 3.8) is 0 Å². The fourth-order valence-corrected chi connectivity index (χ4v) is 4.41. The van der Waals surface area contributed by atoms with E-state index in [2.05, 4.69) is 12.2 Å². The lowest BCUT2D eigenvalue weighted by Gasteiger charge is -2.31. The van der Waals surface area contributed by atoms with Crippen molar-refractivity contribution in [3.8, 4) is 0 Å². The number of carboxylic acid groups (broad SMARTS) is 1. The molecule has 1 saturated heterocycles. The highest BCUT2D eigenvalue weighted by Crippen LogP contribution is 2.31. The Labute approximate surface area is 130 Å². The van der Waals surface area contributed by atoms with Gasteiger partial charge in [-0.15, -0.1) is 0 Å². The van der Waals surface area contributed by atoms with Crippen molar-refractivity contribution in [1.29, 1.82) is 0 Å².